The number of pyridine rings is 1. The van der Waals surface area contributed by atoms with Gasteiger partial charge in [-0.15, -0.1) is 5.10 Å². The van der Waals surface area contributed by atoms with Crippen LogP contribution in [-0.4, -0.2) is 32.6 Å². The third-order valence-electron chi connectivity index (χ3n) is 3.44. The van der Waals surface area contributed by atoms with Crippen molar-refractivity contribution >= 4 is 6.03 Å². The number of carbonyl (C=O) groups is 1. The van der Waals surface area contributed by atoms with Crippen molar-refractivity contribution in [2.24, 2.45) is 0 Å². The first kappa shape index (κ1) is 15.7. The van der Waals surface area contributed by atoms with Crippen LogP contribution in [0, 0.1) is 0 Å². The van der Waals surface area contributed by atoms with Crippen LogP contribution < -0.4 is 10.6 Å². The van der Waals surface area contributed by atoms with Gasteiger partial charge in [0.15, 0.2) is 0 Å². The van der Waals surface area contributed by atoms with Crippen molar-refractivity contribution in [2.75, 3.05) is 6.54 Å². The quantitative estimate of drug-likeness (QED) is 0.723. The van der Waals surface area contributed by atoms with E-state index in [1.807, 2.05) is 42.5 Å². The predicted octanol–water partition coefficient (Wildman–Crippen LogP) is 1.70. The maximum absolute atomic E-state index is 11.8. The Bertz CT molecular complexity index is 772. The summed E-state index contributed by atoms with van der Waals surface area (Å²) in [6.07, 6.45) is 5.95. The van der Waals surface area contributed by atoms with Gasteiger partial charge >= 0.3 is 6.03 Å². The van der Waals surface area contributed by atoms with Gasteiger partial charge in [0.1, 0.15) is 5.69 Å². The van der Waals surface area contributed by atoms with E-state index >= 15 is 0 Å². The van der Waals surface area contributed by atoms with Crippen LogP contribution in [0.3, 0.4) is 0 Å². The molecule has 0 bridgehead atoms. The summed E-state index contributed by atoms with van der Waals surface area (Å²) in [5.74, 6) is 0. The first-order chi connectivity index (χ1) is 11.8. The molecule has 2 aromatic heterocycles. The van der Waals surface area contributed by atoms with E-state index in [4.69, 9.17) is 0 Å². The molecule has 0 radical (unpaired) electrons. The van der Waals surface area contributed by atoms with Gasteiger partial charge in [0.25, 0.3) is 0 Å². The Balaban J connectivity index is 1.42. The monoisotopic (exact) mass is 322 g/mol. The highest BCUT2D eigenvalue weighted by molar-refractivity contribution is 5.73. The van der Waals surface area contributed by atoms with Crippen molar-refractivity contribution in [3.05, 3.63) is 72.3 Å². The summed E-state index contributed by atoms with van der Waals surface area (Å²) in [6, 6.07) is 13.5. The van der Waals surface area contributed by atoms with Gasteiger partial charge in [-0.3, -0.25) is 4.98 Å². The number of nitrogens with zero attached hydrogens (tertiary/aromatic N) is 4. The maximum Gasteiger partial charge on any atom is 0.315 e. The van der Waals surface area contributed by atoms with Gasteiger partial charge < -0.3 is 10.6 Å². The molecule has 0 aliphatic rings. The topological polar surface area (TPSA) is 84.7 Å². The second kappa shape index (κ2) is 7.87. The van der Waals surface area contributed by atoms with E-state index in [0.29, 0.717) is 18.8 Å². The van der Waals surface area contributed by atoms with Gasteiger partial charge in [-0.25, -0.2) is 9.48 Å². The minimum absolute atomic E-state index is 0.218. The third kappa shape index (κ3) is 4.39. The van der Waals surface area contributed by atoms with Crippen molar-refractivity contribution in [3.8, 4) is 5.69 Å². The molecule has 24 heavy (non-hydrogen) atoms. The van der Waals surface area contributed by atoms with E-state index in [9.17, 15) is 4.79 Å². The van der Waals surface area contributed by atoms with E-state index < -0.39 is 0 Å². The lowest BCUT2D eigenvalue weighted by Gasteiger charge is -2.06. The van der Waals surface area contributed by atoms with E-state index in [-0.39, 0.29) is 6.03 Å². The largest absolute Gasteiger partial charge is 0.338 e. The van der Waals surface area contributed by atoms with Crippen LogP contribution in [0.15, 0.2) is 61.1 Å². The molecule has 0 saturated heterocycles. The summed E-state index contributed by atoms with van der Waals surface area (Å²) in [6.45, 7) is 0.905. The van der Waals surface area contributed by atoms with Gasteiger partial charge in [0, 0.05) is 18.9 Å². The molecule has 3 aromatic rings. The van der Waals surface area contributed by atoms with Gasteiger partial charge in [0.05, 0.1) is 18.4 Å². The summed E-state index contributed by atoms with van der Waals surface area (Å²) >= 11 is 0. The number of aromatic nitrogens is 4. The molecule has 2 heterocycles. The number of hydrogen-bond acceptors (Lipinski definition) is 4. The van der Waals surface area contributed by atoms with Crippen LogP contribution in [-0.2, 0) is 13.0 Å². The Morgan fingerprint density at radius 3 is 2.62 bits per heavy atom. The minimum Gasteiger partial charge on any atom is -0.338 e. The zero-order valence-corrected chi connectivity index (χ0v) is 13.1. The number of urea groups is 1. The summed E-state index contributed by atoms with van der Waals surface area (Å²) in [5, 5.41) is 13.7. The Morgan fingerprint density at radius 2 is 1.83 bits per heavy atom. The number of hydrogen-bond donors (Lipinski definition) is 2. The molecule has 0 fully saturated rings. The Hall–Kier alpha value is -3.22. The zero-order valence-electron chi connectivity index (χ0n) is 13.1. The minimum atomic E-state index is -0.218. The first-order valence-corrected chi connectivity index (χ1v) is 7.68. The maximum atomic E-state index is 11.8. The third-order valence-corrected chi connectivity index (χ3v) is 3.44. The van der Waals surface area contributed by atoms with E-state index in [1.54, 1.807) is 23.3 Å². The molecule has 2 N–H and O–H groups in total. The Morgan fingerprint density at radius 1 is 1.04 bits per heavy atom. The van der Waals surface area contributed by atoms with Crippen molar-refractivity contribution in [2.45, 2.75) is 13.0 Å². The molecule has 0 aliphatic heterocycles. The van der Waals surface area contributed by atoms with Crippen LogP contribution in [0.5, 0.6) is 0 Å². The second-order valence-corrected chi connectivity index (χ2v) is 5.20. The molecule has 0 unspecified atom stereocenters. The van der Waals surface area contributed by atoms with Crippen LogP contribution in [0.4, 0.5) is 4.79 Å². The van der Waals surface area contributed by atoms with Gasteiger partial charge in [-0.2, -0.15) is 0 Å². The number of rotatable bonds is 6. The molecule has 7 heteroatoms. The molecule has 7 nitrogen and oxygen atoms in total. The number of benzene rings is 1. The van der Waals surface area contributed by atoms with Crippen LogP contribution >= 0.6 is 0 Å². The average Bonchev–Trinajstić information content (AvgIpc) is 3.11. The molecule has 0 spiro atoms. The molecule has 0 aliphatic carbocycles. The number of amides is 2. The second-order valence-electron chi connectivity index (χ2n) is 5.20. The fourth-order valence-electron chi connectivity index (χ4n) is 2.20. The highest BCUT2D eigenvalue weighted by Gasteiger charge is 2.05. The average molecular weight is 322 g/mol. The normalized spacial score (nSPS) is 10.3. The van der Waals surface area contributed by atoms with E-state index in [2.05, 4.69) is 25.9 Å². The number of carbonyl (C=O) groups excluding carboxylic acids is 1. The molecule has 0 saturated carbocycles. The first-order valence-electron chi connectivity index (χ1n) is 7.68. The van der Waals surface area contributed by atoms with E-state index in [1.165, 1.54) is 5.56 Å². The smallest absolute Gasteiger partial charge is 0.315 e. The molecule has 1 aromatic carbocycles. The van der Waals surface area contributed by atoms with Crippen molar-refractivity contribution in [1.29, 1.82) is 0 Å². The fraction of sp³-hybridized carbons (Fsp3) is 0.176. The lowest BCUT2D eigenvalue weighted by Crippen LogP contribution is -2.36. The molecule has 2 amide bonds. The summed E-state index contributed by atoms with van der Waals surface area (Å²) in [4.78, 5) is 15.8. The highest BCUT2D eigenvalue weighted by Crippen LogP contribution is 2.04. The van der Waals surface area contributed by atoms with E-state index in [0.717, 1.165) is 12.1 Å². The van der Waals surface area contributed by atoms with Gasteiger partial charge in [-0.1, -0.05) is 35.5 Å². The van der Waals surface area contributed by atoms with Crippen LogP contribution in [0.2, 0.25) is 0 Å². The summed E-state index contributed by atoms with van der Waals surface area (Å²) in [5.41, 5.74) is 2.75. The molecule has 0 atom stereocenters. The fourth-order valence-corrected chi connectivity index (χ4v) is 2.20. The standard InChI is InChI=1S/C17H18N6O/c24-17(19-11-6-14-4-2-1-3-5-14)20-12-15-13-23(22-21-15)16-7-9-18-10-8-16/h1-5,7-10,13H,6,11-12H2,(H2,19,20,24). The molecule has 3 rings (SSSR count). The van der Waals surface area contributed by atoms with Crippen LogP contribution in [0.25, 0.3) is 5.69 Å². The zero-order chi connectivity index (χ0) is 16.6. The van der Waals surface area contributed by atoms with Crippen molar-refractivity contribution < 1.29 is 4.79 Å². The molecular formula is C17H18N6O. The molecule has 122 valence electrons. The summed E-state index contributed by atoms with van der Waals surface area (Å²) in [7, 11) is 0. The van der Waals surface area contributed by atoms with Gasteiger partial charge in [0.2, 0.25) is 0 Å². The predicted molar refractivity (Wildman–Crippen MR) is 89.5 cm³/mol. The van der Waals surface area contributed by atoms with Gasteiger partial charge in [-0.05, 0) is 24.1 Å². The summed E-state index contributed by atoms with van der Waals surface area (Å²) < 4.78 is 1.64. The highest BCUT2D eigenvalue weighted by atomic mass is 16.2. The Labute approximate surface area is 139 Å². The molecular weight excluding hydrogens is 304 g/mol. The SMILES string of the molecule is O=C(NCCc1ccccc1)NCc1cn(-c2ccncc2)nn1. The lowest BCUT2D eigenvalue weighted by atomic mass is 10.1. The Kier molecular flexibility index (Phi) is 5.14. The van der Waals surface area contributed by atoms with Crippen molar-refractivity contribution in [1.82, 2.24) is 30.6 Å². The lowest BCUT2D eigenvalue weighted by molar-refractivity contribution is 0.240. The number of nitrogens with one attached hydrogen (secondary N) is 2. The van der Waals surface area contributed by atoms with Crippen LogP contribution in [0.1, 0.15) is 11.3 Å². The van der Waals surface area contributed by atoms with Crippen molar-refractivity contribution in [3.63, 3.8) is 0 Å².